The van der Waals surface area contributed by atoms with E-state index in [9.17, 15) is 4.79 Å². The normalized spacial score (nSPS) is 13.5. The minimum atomic E-state index is -0.466. The number of nitrogens with zero attached hydrogens (tertiary/aromatic N) is 7. The fourth-order valence-corrected chi connectivity index (χ4v) is 3.89. The molecule has 0 aliphatic carbocycles. The van der Waals surface area contributed by atoms with Crippen LogP contribution < -0.4 is 20.9 Å². The highest BCUT2D eigenvalue weighted by atomic mass is 16.1. The predicted octanol–water partition coefficient (Wildman–Crippen LogP) is 2.42. The maximum Gasteiger partial charge on any atom is 0.248 e. The molecule has 10 nitrogen and oxygen atoms in total. The van der Waals surface area contributed by atoms with Gasteiger partial charge in [0.25, 0.3) is 0 Å². The number of carbonyl (C=O) groups is 1. The number of nitrogens with two attached hydrogens (primary N) is 1. The summed E-state index contributed by atoms with van der Waals surface area (Å²) < 4.78 is 0. The number of primary amides is 1. The Kier molecular flexibility index (Phi) is 6.42. The summed E-state index contributed by atoms with van der Waals surface area (Å²) in [5.74, 6) is 1.31. The van der Waals surface area contributed by atoms with Crippen LogP contribution in [0.3, 0.4) is 0 Å². The molecule has 3 heterocycles. The zero-order valence-corrected chi connectivity index (χ0v) is 19.1. The number of benzene rings is 2. The Hall–Kier alpha value is -4.60. The first-order valence-electron chi connectivity index (χ1n) is 11.3. The molecule has 4 aromatic rings. The summed E-state index contributed by atoms with van der Waals surface area (Å²) in [6, 6.07) is 17.1. The second-order valence-corrected chi connectivity index (χ2v) is 8.20. The largest absolute Gasteiger partial charge is 0.366 e. The molecule has 1 amide bonds. The van der Waals surface area contributed by atoms with E-state index < -0.39 is 5.91 Å². The van der Waals surface area contributed by atoms with Crippen LogP contribution in [0, 0.1) is 0 Å². The van der Waals surface area contributed by atoms with Crippen LogP contribution in [0.5, 0.6) is 0 Å². The van der Waals surface area contributed by atoms with Crippen molar-refractivity contribution in [3.63, 3.8) is 0 Å². The average molecular weight is 468 g/mol. The Morgan fingerprint density at radius 2 is 1.46 bits per heavy atom. The molecule has 0 radical (unpaired) electrons. The molecule has 0 saturated carbocycles. The molecular formula is C25H25N9O. The van der Waals surface area contributed by atoms with Gasteiger partial charge in [0, 0.05) is 56.2 Å². The molecule has 10 heteroatoms. The molecule has 2 aromatic heterocycles. The zero-order chi connectivity index (χ0) is 24.0. The quantitative estimate of drug-likeness (QED) is 0.421. The fourth-order valence-electron chi connectivity index (χ4n) is 3.89. The highest BCUT2D eigenvalue weighted by molar-refractivity contribution is 5.93. The van der Waals surface area contributed by atoms with Crippen LogP contribution in [-0.4, -0.2) is 57.0 Å². The van der Waals surface area contributed by atoms with E-state index in [2.05, 4.69) is 52.2 Å². The zero-order valence-electron chi connectivity index (χ0n) is 19.1. The van der Waals surface area contributed by atoms with Crippen molar-refractivity contribution in [3.05, 3.63) is 90.0 Å². The van der Waals surface area contributed by atoms with Crippen molar-refractivity contribution in [2.75, 3.05) is 41.3 Å². The lowest BCUT2D eigenvalue weighted by molar-refractivity contribution is 0.100. The number of hydrogen-bond donors (Lipinski definition) is 2. The second-order valence-electron chi connectivity index (χ2n) is 8.20. The minimum absolute atomic E-state index is 0.432. The number of carbonyl (C=O) groups excluding carboxylic acids is 1. The van der Waals surface area contributed by atoms with Gasteiger partial charge in [-0.15, -0.1) is 0 Å². The molecule has 0 spiro atoms. The molecule has 0 bridgehead atoms. The smallest absolute Gasteiger partial charge is 0.248 e. The Morgan fingerprint density at radius 3 is 2.11 bits per heavy atom. The molecule has 0 atom stereocenters. The van der Waals surface area contributed by atoms with Gasteiger partial charge >= 0.3 is 0 Å². The number of hydrogen-bond acceptors (Lipinski definition) is 9. The van der Waals surface area contributed by atoms with E-state index in [0.717, 1.165) is 49.8 Å². The Labute approximate surface area is 202 Å². The van der Waals surface area contributed by atoms with Crippen molar-refractivity contribution in [2.45, 2.75) is 6.42 Å². The van der Waals surface area contributed by atoms with Crippen LogP contribution in [0.15, 0.2) is 73.3 Å². The number of aromatic nitrogens is 5. The maximum absolute atomic E-state index is 11.2. The third-order valence-corrected chi connectivity index (χ3v) is 5.77. The number of nitrogens with one attached hydrogen (secondary N) is 1. The van der Waals surface area contributed by atoms with Gasteiger partial charge in [0.2, 0.25) is 23.8 Å². The third kappa shape index (κ3) is 5.49. The van der Waals surface area contributed by atoms with Gasteiger partial charge in [-0.1, -0.05) is 30.3 Å². The summed E-state index contributed by atoms with van der Waals surface area (Å²) >= 11 is 0. The van der Waals surface area contributed by atoms with Gasteiger partial charge < -0.3 is 20.9 Å². The van der Waals surface area contributed by atoms with Gasteiger partial charge in [-0.3, -0.25) is 4.79 Å². The van der Waals surface area contributed by atoms with E-state index in [4.69, 9.17) is 5.73 Å². The van der Waals surface area contributed by atoms with Crippen molar-refractivity contribution in [1.29, 1.82) is 0 Å². The number of rotatable bonds is 7. The SMILES string of the molecule is NC(=O)c1ccc(Nc2ncnc(N3CCN(c4ncc(Cc5ccccc5)cn4)CC3)n2)cc1. The topological polar surface area (TPSA) is 126 Å². The number of amides is 1. The standard InChI is InChI=1S/C25H25N9O/c26-22(35)20-6-8-21(9-7-20)31-23-29-17-30-25(32-23)34-12-10-33(11-13-34)24-27-15-19(16-28-24)14-18-4-2-1-3-5-18/h1-9,15-17H,10-14H2,(H2,26,35)(H,29,30,31,32). The lowest BCUT2D eigenvalue weighted by atomic mass is 10.1. The van der Waals surface area contributed by atoms with Crippen molar-refractivity contribution < 1.29 is 4.79 Å². The molecule has 1 fully saturated rings. The van der Waals surface area contributed by atoms with Crippen LogP contribution >= 0.6 is 0 Å². The first kappa shape index (κ1) is 22.2. The van der Waals surface area contributed by atoms with Crippen LogP contribution in [0.25, 0.3) is 0 Å². The summed E-state index contributed by atoms with van der Waals surface area (Å²) in [5, 5.41) is 3.14. The van der Waals surface area contributed by atoms with E-state index in [0.29, 0.717) is 17.5 Å². The predicted molar refractivity (Wildman–Crippen MR) is 134 cm³/mol. The van der Waals surface area contributed by atoms with Gasteiger partial charge in [-0.05, 0) is 35.4 Å². The van der Waals surface area contributed by atoms with Crippen LogP contribution in [0.1, 0.15) is 21.5 Å². The Bertz CT molecular complexity index is 1270. The van der Waals surface area contributed by atoms with Crippen LogP contribution in [-0.2, 0) is 6.42 Å². The summed E-state index contributed by atoms with van der Waals surface area (Å²) in [7, 11) is 0. The van der Waals surface area contributed by atoms with Gasteiger partial charge in [-0.2, -0.15) is 4.98 Å². The molecule has 35 heavy (non-hydrogen) atoms. The average Bonchev–Trinajstić information content (AvgIpc) is 2.90. The molecule has 1 saturated heterocycles. The van der Waals surface area contributed by atoms with Crippen LogP contribution in [0.4, 0.5) is 23.5 Å². The second kappa shape index (κ2) is 10.1. The summed E-state index contributed by atoms with van der Waals surface area (Å²) in [4.78, 5) is 37.8. The number of piperazine rings is 1. The van der Waals surface area contributed by atoms with E-state index in [1.54, 1.807) is 24.3 Å². The number of anilines is 4. The highest BCUT2D eigenvalue weighted by Gasteiger charge is 2.21. The van der Waals surface area contributed by atoms with Gasteiger partial charge in [0.15, 0.2) is 0 Å². The monoisotopic (exact) mass is 467 g/mol. The minimum Gasteiger partial charge on any atom is -0.366 e. The molecule has 5 rings (SSSR count). The summed E-state index contributed by atoms with van der Waals surface area (Å²) in [6.45, 7) is 3.01. The lowest BCUT2D eigenvalue weighted by Gasteiger charge is -2.34. The van der Waals surface area contributed by atoms with Gasteiger partial charge in [-0.25, -0.2) is 19.9 Å². The molecule has 0 unspecified atom stereocenters. The van der Waals surface area contributed by atoms with Gasteiger partial charge in [0.1, 0.15) is 6.33 Å². The van der Waals surface area contributed by atoms with Crippen molar-refractivity contribution >= 4 is 29.4 Å². The highest BCUT2D eigenvalue weighted by Crippen LogP contribution is 2.18. The third-order valence-electron chi connectivity index (χ3n) is 5.77. The van der Waals surface area contributed by atoms with Crippen molar-refractivity contribution in [3.8, 4) is 0 Å². The Morgan fingerprint density at radius 1 is 0.800 bits per heavy atom. The van der Waals surface area contributed by atoms with E-state index >= 15 is 0 Å². The van der Waals surface area contributed by atoms with Crippen LogP contribution in [0.2, 0.25) is 0 Å². The van der Waals surface area contributed by atoms with E-state index in [-0.39, 0.29) is 0 Å². The lowest BCUT2D eigenvalue weighted by Crippen LogP contribution is -2.47. The molecule has 1 aliphatic rings. The van der Waals surface area contributed by atoms with Gasteiger partial charge in [0.05, 0.1) is 0 Å². The van der Waals surface area contributed by atoms with Crippen molar-refractivity contribution in [2.24, 2.45) is 5.73 Å². The maximum atomic E-state index is 11.2. The molecular weight excluding hydrogens is 442 g/mol. The summed E-state index contributed by atoms with van der Waals surface area (Å²) in [6.07, 6.45) is 6.12. The van der Waals surface area contributed by atoms with E-state index in [1.807, 2.05) is 30.6 Å². The molecule has 176 valence electrons. The van der Waals surface area contributed by atoms with E-state index in [1.165, 1.54) is 11.9 Å². The molecule has 2 aromatic carbocycles. The first-order valence-corrected chi connectivity index (χ1v) is 11.3. The van der Waals surface area contributed by atoms with Crippen molar-refractivity contribution in [1.82, 2.24) is 24.9 Å². The fraction of sp³-hybridized carbons (Fsp3) is 0.200. The molecule has 1 aliphatic heterocycles. The first-order chi connectivity index (χ1) is 17.1. The Balaban J connectivity index is 1.18. The summed E-state index contributed by atoms with van der Waals surface area (Å²) in [5.41, 5.74) is 8.82. The molecule has 3 N–H and O–H groups in total.